The number of para-hydroxylation sites is 1. The van der Waals surface area contributed by atoms with E-state index < -0.39 is 37.1 Å². The molecule has 0 spiro atoms. The lowest BCUT2D eigenvalue weighted by Gasteiger charge is -2.38. The molecule has 1 aromatic heterocycles. The van der Waals surface area contributed by atoms with Crippen molar-refractivity contribution in [3.8, 4) is 0 Å². The number of rotatable bonds is 1. The molecule has 0 aliphatic carbocycles. The van der Waals surface area contributed by atoms with Gasteiger partial charge < -0.3 is 9.32 Å². The van der Waals surface area contributed by atoms with E-state index in [0.717, 1.165) is 16.3 Å². The second-order valence-electron chi connectivity index (χ2n) is 7.24. The molecule has 4 rings (SSSR count). The first-order valence-corrected chi connectivity index (χ1v) is 8.22. The van der Waals surface area contributed by atoms with Crippen LogP contribution in [0.15, 0.2) is 40.8 Å². The predicted octanol–water partition coefficient (Wildman–Crippen LogP) is 6.30. The van der Waals surface area contributed by atoms with Crippen LogP contribution in [0.3, 0.4) is 0 Å². The SMILES string of the molecule is [2H]C([2H])([2H])C1(C([2H])([2H])[2H])[C@H](C)N(c2c(C)ccc3c2oc2ccccc23)C(C)(C)C1([2H])[2H]. The van der Waals surface area contributed by atoms with Crippen molar-refractivity contribution in [3.63, 3.8) is 0 Å². The summed E-state index contributed by atoms with van der Waals surface area (Å²) in [5, 5.41) is 1.69. The summed E-state index contributed by atoms with van der Waals surface area (Å²) in [6.45, 7) is 0.330. The molecular formula is C22H27NO. The Balaban J connectivity index is 2.12. The van der Waals surface area contributed by atoms with Gasteiger partial charge in [0.1, 0.15) is 5.58 Å². The largest absolute Gasteiger partial charge is 0.454 e. The summed E-state index contributed by atoms with van der Waals surface area (Å²) in [6, 6.07) is 10.1. The number of fused-ring (bicyclic) bond motifs is 3. The van der Waals surface area contributed by atoms with Crippen LogP contribution in [0, 0.1) is 12.3 Å². The standard InChI is InChI=1S/C22H27NO/c1-14-11-12-17-16-9-7-8-10-18(16)24-20(17)19(14)23-15(2)21(3,4)13-22(23,5)6/h7-12,15H,13H2,1-6H3/t15-/m0/s1/i3D3,4D3,13D2. The third-order valence-electron chi connectivity index (χ3n) is 5.08. The fraction of sp³-hybridized carbons (Fsp3) is 0.455. The van der Waals surface area contributed by atoms with Crippen LogP contribution >= 0.6 is 0 Å². The highest BCUT2D eigenvalue weighted by Crippen LogP contribution is 2.51. The molecule has 2 nitrogen and oxygen atoms in total. The van der Waals surface area contributed by atoms with Crippen molar-refractivity contribution in [1.82, 2.24) is 0 Å². The first-order valence-electron chi connectivity index (χ1n) is 12.2. The van der Waals surface area contributed by atoms with Crippen molar-refractivity contribution in [2.75, 3.05) is 4.90 Å². The Hall–Kier alpha value is -1.96. The summed E-state index contributed by atoms with van der Waals surface area (Å²) >= 11 is 0. The number of hydrogen-bond donors (Lipinski definition) is 0. The van der Waals surface area contributed by atoms with Crippen LogP contribution in [0.25, 0.3) is 21.9 Å². The molecular weight excluding hydrogens is 294 g/mol. The van der Waals surface area contributed by atoms with Crippen LogP contribution in [0.4, 0.5) is 5.69 Å². The Labute approximate surface area is 155 Å². The summed E-state index contributed by atoms with van der Waals surface area (Å²) < 4.78 is 73.5. The maximum atomic E-state index is 8.98. The van der Waals surface area contributed by atoms with E-state index in [0.29, 0.717) is 16.9 Å². The molecule has 1 saturated heterocycles. The molecule has 2 aromatic carbocycles. The summed E-state index contributed by atoms with van der Waals surface area (Å²) in [4.78, 5) is 1.63. The summed E-state index contributed by atoms with van der Waals surface area (Å²) in [5.41, 5.74) is -1.66. The summed E-state index contributed by atoms with van der Waals surface area (Å²) in [5.74, 6) is 0. The molecule has 0 radical (unpaired) electrons. The lowest BCUT2D eigenvalue weighted by atomic mass is 9.82. The molecule has 1 aliphatic heterocycles. The highest BCUT2D eigenvalue weighted by Gasteiger charge is 2.49. The molecule has 1 atom stereocenters. The number of benzene rings is 2. The number of furan rings is 1. The fourth-order valence-electron chi connectivity index (χ4n) is 3.97. The maximum absolute atomic E-state index is 8.98. The van der Waals surface area contributed by atoms with E-state index in [4.69, 9.17) is 15.4 Å². The number of hydrogen-bond acceptors (Lipinski definition) is 2. The minimum absolute atomic E-state index is 0.494. The van der Waals surface area contributed by atoms with Crippen LogP contribution in [-0.4, -0.2) is 11.6 Å². The topological polar surface area (TPSA) is 16.4 Å². The summed E-state index contributed by atoms with van der Waals surface area (Å²) in [7, 11) is 0. The molecule has 0 N–H and O–H groups in total. The average molecular weight is 330 g/mol. The number of nitrogens with zero attached hydrogens (tertiary/aromatic N) is 1. The van der Waals surface area contributed by atoms with Gasteiger partial charge in [0.2, 0.25) is 0 Å². The second-order valence-corrected chi connectivity index (χ2v) is 7.24. The van der Waals surface area contributed by atoms with E-state index >= 15 is 0 Å². The first-order chi connectivity index (χ1) is 14.5. The van der Waals surface area contributed by atoms with Crippen LogP contribution in [0.5, 0.6) is 0 Å². The zero-order chi connectivity index (χ0) is 24.1. The molecule has 0 bridgehead atoms. The van der Waals surface area contributed by atoms with Gasteiger partial charge in [0.15, 0.2) is 5.58 Å². The predicted molar refractivity (Wildman–Crippen MR) is 103 cm³/mol. The Bertz CT molecular complexity index is 1190. The lowest BCUT2D eigenvalue weighted by Crippen LogP contribution is -2.43. The minimum atomic E-state index is -3.08. The summed E-state index contributed by atoms with van der Waals surface area (Å²) in [6.07, 6.45) is -2.59. The quantitative estimate of drug-likeness (QED) is 0.521. The number of anilines is 1. The van der Waals surface area contributed by atoms with Gasteiger partial charge in [0.05, 0.1) is 5.69 Å². The van der Waals surface area contributed by atoms with Gasteiger partial charge in [0, 0.05) is 33.3 Å². The molecule has 0 amide bonds. The van der Waals surface area contributed by atoms with E-state index in [-0.39, 0.29) is 0 Å². The molecule has 0 unspecified atom stereocenters. The monoisotopic (exact) mass is 329 g/mol. The van der Waals surface area contributed by atoms with E-state index in [9.17, 15) is 0 Å². The van der Waals surface area contributed by atoms with Gasteiger partial charge in [-0.25, -0.2) is 0 Å². The maximum Gasteiger partial charge on any atom is 0.158 e. The Morgan fingerprint density at radius 3 is 2.62 bits per heavy atom. The molecule has 2 heteroatoms. The Morgan fingerprint density at radius 2 is 1.92 bits per heavy atom. The van der Waals surface area contributed by atoms with Crippen molar-refractivity contribution in [1.29, 1.82) is 0 Å². The van der Waals surface area contributed by atoms with E-state index in [1.165, 1.54) is 6.92 Å². The van der Waals surface area contributed by atoms with Crippen LogP contribution in [0.1, 0.15) is 57.4 Å². The van der Waals surface area contributed by atoms with Gasteiger partial charge in [-0.3, -0.25) is 0 Å². The zero-order valence-electron chi connectivity index (χ0n) is 22.4. The van der Waals surface area contributed by atoms with Crippen molar-refractivity contribution in [3.05, 3.63) is 42.0 Å². The van der Waals surface area contributed by atoms with Crippen LogP contribution < -0.4 is 4.90 Å². The second kappa shape index (κ2) is 4.78. The minimum Gasteiger partial charge on any atom is -0.454 e. The molecule has 1 aliphatic rings. The number of aryl methyl sites for hydroxylation is 1. The van der Waals surface area contributed by atoms with Gasteiger partial charge in [-0.05, 0) is 51.1 Å². The fourth-order valence-corrected chi connectivity index (χ4v) is 3.97. The average Bonchev–Trinajstić information content (AvgIpc) is 3.05. The van der Waals surface area contributed by atoms with Crippen LogP contribution in [0.2, 0.25) is 0 Å². The molecule has 24 heavy (non-hydrogen) atoms. The zero-order valence-corrected chi connectivity index (χ0v) is 14.4. The molecule has 1 fully saturated rings. The Morgan fingerprint density at radius 1 is 1.17 bits per heavy atom. The normalized spacial score (nSPS) is 30.7. The van der Waals surface area contributed by atoms with E-state index in [1.54, 1.807) is 18.7 Å². The molecule has 126 valence electrons. The van der Waals surface area contributed by atoms with Gasteiger partial charge in [-0.1, -0.05) is 44.0 Å². The lowest BCUT2D eigenvalue weighted by molar-refractivity contribution is 0.329. The van der Waals surface area contributed by atoms with Gasteiger partial charge in [0.25, 0.3) is 0 Å². The van der Waals surface area contributed by atoms with Crippen molar-refractivity contribution in [2.45, 2.75) is 59.4 Å². The highest BCUT2D eigenvalue weighted by molar-refractivity contribution is 6.09. The smallest absolute Gasteiger partial charge is 0.158 e. The van der Waals surface area contributed by atoms with Crippen LogP contribution in [-0.2, 0) is 0 Å². The van der Waals surface area contributed by atoms with Gasteiger partial charge in [-0.15, -0.1) is 0 Å². The third kappa shape index (κ3) is 2.02. The Kier molecular flexibility index (Phi) is 1.78. The molecule has 0 saturated carbocycles. The highest BCUT2D eigenvalue weighted by atomic mass is 16.3. The molecule has 2 heterocycles. The third-order valence-corrected chi connectivity index (χ3v) is 5.08. The van der Waals surface area contributed by atoms with Crippen molar-refractivity contribution >= 4 is 27.6 Å². The van der Waals surface area contributed by atoms with E-state index in [1.807, 2.05) is 43.3 Å². The first kappa shape index (κ1) is 8.94. The van der Waals surface area contributed by atoms with Gasteiger partial charge in [-0.2, -0.15) is 0 Å². The van der Waals surface area contributed by atoms with Gasteiger partial charge >= 0.3 is 0 Å². The van der Waals surface area contributed by atoms with E-state index in [2.05, 4.69) is 0 Å². The molecule has 3 aromatic rings. The van der Waals surface area contributed by atoms with Crippen molar-refractivity contribution < 1.29 is 15.4 Å². The van der Waals surface area contributed by atoms with Crippen molar-refractivity contribution in [2.24, 2.45) is 5.41 Å².